The minimum absolute atomic E-state index is 0.0296. The Kier molecular flexibility index (Phi) is 4.85. The number of nitrogens with one attached hydrogen (secondary N) is 1. The summed E-state index contributed by atoms with van der Waals surface area (Å²) in [7, 11) is -3.95. The smallest absolute Gasteiger partial charge is 0.336 e. The highest BCUT2D eigenvalue weighted by Gasteiger charge is 2.31. The van der Waals surface area contributed by atoms with Crippen molar-refractivity contribution in [2.45, 2.75) is 25.2 Å². The number of carboxylic acid groups (broad SMARTS) is 1. The van der Waals surface area contributed by atoms with Crippen molar-refractivity contribution in [3.63, 3.8) is 0 Å². The van der Waals surface area contributed by atoms with Gasteiger partial charge >= 0.3 is 5.97 Å². The number of halogens is 1. The largest absolute Gasteiger partial charge is 0.479 e. The number of carboxylic acids is 1. The van der Waals surface area contributed by atoms with Gasteiger partial charge in [-0.15, -0.1) is 0 Å². The summed E-state index contributed by atoms with van der Waals surface area (Å²) >= 11 is 0. The maximum absolute atomic E-state index is 13.5. The number of carbonyl (C=O) groups is 1. The van der Waals surface area contributed by atoms with Crippen LogP contribution in [0.1, 0.15) is 18.1 Å². The van der Waals surface area contributed by atoms with Crippen LogP contribution in [0, 0.1) is 12.7 Å². The average Bonchev–Trinajstić information content (AvgIpc) is 2.30. The Morgan fingerprint density at radius 3 is 2.55 bits per heavy atom. The van der Waals surface area contributed by atoms with Crippen LogP contribution in [0.4, 0.5) is 4.39 Å². The molecule has 112 valence electrons. The molecule has 0 radical (unpaired) electrons. The van der Waals surface area contributed by atoms with E-state index in [4.69, 9.17) is 5.11 Å². The van der Waals surface area contributed by atoms with Gasteiger partial charge < -0.3 is 10.2 Å². The summed E-state index contributed by atoms with van der Waals surface area (Å²) in [4.78, 5) is 10.6. The van der Waals surface area contributed by atoms with Crippen molar-refractivity contribution in [3.8, 4) is 0 Å². The molecule has 0 saturated heterocycles. The van der Waals surface area contributed by atoms with E-state index in [1.165, 1.54) is 12.1 Å². The van der Waals surface area contributed by atoms with Crippen LogP contribution in [0.15, 0.2) is 18.2 Å². The van der Waals surface area contributed by atoms with Crippen LogP contribution in [0.5, 0.6) is 0 Å². The maximum Gasteiger partial charge on any atom is 0.336 e. The van der Waals surface area contributed by atoms with E-state index in [0.29, 0.717) is 5.56 Å². The van der Waals surface area contributed by atoms with E-state index in [2.05, 4.69) is 0 Å². The van der Waals surface area contributed by atoms with Gasteiger partial charge in [0, 0.05) is 12.1 Å². The summed E-state index contributed by atoms with van der Waals surface area (Å²) in [6, 6.07) is 4.12. The van der Waals surface area contributed by atoms with E-state index in [1.54, 1.807) is 13.0 Å². The minimum atomic E-state index is -3.95. The molecule has 20 heavy (non-hydrogen) atoms. The molecule has 0 saturated carbocycles. The molecule has 0 bridgehead atoms. The Hall–Kier alpha value is -1.51. The summed E-state index contributed by atoms with van der Waals surface area (Å²) in [6.07, 6.45) is 0. The fraction of sp³-hybridized carbons (Fsp3) is 0.417. The quantitative estimate of drug-likeness (QED) is 0.705. The molecule has 0 spiro atoms. The van der Waals surface area contributed by atoms with Crippen molar-refractivity contribution in [3.05, 3.63) is 35.1 Å². The molecule has 1 aromatic carbocycles. The molecule has 0 aliphatic carbocycles. The topological polar surface area (TPSA) is 104 Å². The number of benzene rings is 1. The lowest BCUT2D eigenvalue weighted by Crippen LogP contribution is -2.46. The first-order chi connectivity index (χ1) is 9.03. The third-order valence-corrected chi connectivity index (χ3v) is 3.93. The van der Waals surface area contributed by atoms with Gasteiger partial charge in [0.05, 0.1) is 5.75 Å². The molecule has 3 N–H and O–H groups in total. The highest BCUT2D eigenvalue weighted by Crippen LogP contribution is 2.13. The first-order valence-corrected chi connectivity index (χ1v) is 7.37. The van der Waals surface area contributed by atoms with E-state index < -0.39 is 39.7 Å². The SMILES string of the molecule is Cc1ccc(CS(=O)(=O)NCC(C)(O)C(=O)O)c(F)c1. The molecule has 0 aliphatic rings. The summed E-state index contributed by atoms with van der Waals surface area (Å²) in [5.41, 5.74) is -1.60. The predicted octanol–water partition coefficient (Wildman–Crippen LogP) is 0.389. The Balaban J connectivity index is 2.78. The van der Waals surface area contributed by atoms with Crippen LogP contribution in [-0.2, 0) is 20.6 Å². The zero-order chi connectivity index (χ0) is 15.6. The Labute approximate surface area is 116 Å². The van der Waals surface area contributed by atoms with Crippen molar-refractivity contribution >= 4 is 16.0 Å². The van der Waals surface area contributed by atoms with Gasteiger partial charge in [-0.25, -0.2) is 22.3 Å². The Bertz CT molecular complexity index is 612. The highest BCUT2D eigenvalue weighted by atomic mass is 32.2. The first kappa shape index (κ1) is 16.5. The molecule has 0 amide bonds. The van der Waals surface area contributed by atoms with Crippen LogP contribution in [-0.4, -0.2) is 36.7 Å². The monoisotopic (exact) mass is 305 g/mol. The Morgan fingerprint density at radius 2 is 2.05 bits per heavy atom. The summed E-state index contributed by atoms with van der Waals surface area (Å²) in [6.45, 7) is 1.94. The molecule has 0 fully saturated rings. The molecule has 1 unspecified atom stereocenters. The van der Waals surface area contributed by atoms with Crippen LogP contribution < -0.4 is 4.72 Å². The van der Waals surface area contributed by atoms with E-state index in [9.17, 15) is 22.7 Å². The normalized spacial score (nSPS) is 14.8. The minimum Gasteiger partial charge on any atom is -0.479 e. The fourth-order valence-corrected chi connectivity index (χ4v) is 2.60. The predicted molar refractivity (Wildman–Crippen MR) is 70.0 cm³/mol. The maximum atomic E-state index is 13.5. The molecule has 6 nitrogen and oxygen atoms in total. The van der Waals surface area contributed by atoms with Gasteiger partial charge in [0.25, 0.3) is 0 Å². The highest BCUT2D eigenvalue weighted by molar-refractivity contribution is 7.88. The number of sulfonamides is 1. The molecule has 1 aromatic rings. The van der Waals surface area contributed by atoms with Crippen molar-refractivity contribution in [2.75, 3.05) is 6.54 Å². The molecular formula is C12H16FNO5S. The third-order valence-electron chi connectivity index (χ3n) is 2.65. The van der Waals surface area contributed by atoms with Gasteiger partial charge in [-0.2, -0.15) is 0 Å². The molecule has 1 atom stereocenters. The van der Waals surface area contributed by atoms with Gasteiger partial charge in [0.15, 0.2) is 5.60 Å². The van der Waals surface area contributed by atoms with E-state index in [1.807, 2.05) is 4.72 Å². The second kappa shape index (κ2) is 5.86. The van der Waals surface area contributed by atoms with Crippen LogP contribution in [0.3, 0.4) is 0 Å². The average molecular weight is 305 g/mol. The number of aliphatic carboxylic acids is 1. The van der Waals surface area contributed by atoms with Gasteiger partial charge in [0.1, 0.15) is 5.82 Å². The Morgan fingerprint density at radius 1 is 1.45 bits per heavy atom. The lowest BCUT2D eigenvalue weighted by Gasteiger charge is -2.18. The number of rotatable bonds is 6. The lowest BCUT2D eigenvalue weighted by atomic mass is 10.1. The lowest BCUT2D eigenvalue weighted by molar-refractivity contribution is -0.155. The second-order valence-corrected chi connectivity index (χ2v) is 6.56. The number of hydrogen-bond acceptors (Lipinski definition) is 4. The number of aryl methyl sites for hydroxylation is 1. The van der Waals surface area contributed by atoms with Crippen molar-refractivity contribution in [2.24, 2.45) is 0 Å². The van der Waals surface area contributed by atoms with E-state index >= 15 is 0 Å². The molecule has 0 aliphatic heterocycles. The summed E-state index contributed by atoms with van der Waals surface area (Å²) < 4.78 is 38.9. The third kappa shape index (κ3) is 4.55. The molecule has 0 aromatic heterocycles. The number of aliphatic hydroxyl groups is 1. The molecule has 1 rings (SSSR count). The fourth-order valence-electron chi connectivity index (χ4n) is 1.35. The van der Waals surface area contributed by atoms with Crippen LogP contribution >= 0.6 is 0 Å². The van der Waals surface area contributed by atoms with Crippen molar-refractivity contribution in [1.29, 1.82) is 0 Å². The second-order valence-electron chi connectivity index (χ2n) is 4.75. The van der Waals surface area contributed by atoms with Crippen molar-refractivity contribution in [1.82, 2.24) is 4.72 Å². The zero-order valence-corrected chi connectivity index (χ0v) is 11.9. The van der Waals surface area contributed by atoms with Gasteiger partial charge in [-0.3, -0.25) is 0 Å². The summed E-state index contributed by atoms with van der Waals surface area (Å²) in [5.74, 6) is -2.84. The van der Waals surface area contributed by atoms with E-state index in [0.717, 1.165) is 6.92 Å². The van der Waals surface area contributed by atoms with Crippen LogP contribution in [0.25, 0.3) is 0 Å². The molecule has 0 heterocycles. The van der Waals surface area contributed by atoms with Crippen molar-refractivity contribution < 1.29 is 27.8 Å². The van der Waals surface area contributed by atoms with E-state index in [-0.39, 0.29) is 5.56 Å². The van der Waals surface area contributed by atoms with Crippen LogP contribution in [0.2, 0.25) is 0 Å². The molecular weight excluding hydrogens is 289 g/mol. The van der Waals surface area contributed by atoms with Gasteiger partial charge in [-0.1, -0.05) is 12.1 Å². The van der Waals surface area contributed by atoms with Gasteiger partial charge in [0.2, 0.25) is 10.0 Å². The summed E-state index contributed by atoms with van der Waals surface area (Å²) in [5, 5.41) is 18.1. The standard InChI is InChI=1S/C12H16FNO5S/c1-8-3-4-9(10(13)5-8)6-20(18,19)14-7-12(2,17)11(15)16/h3-5,14,17H,6-7H2,1-2H3,(H,15,16). The van der Waals surface area contributed by atoms with Gasteiger partial charge in [-0.05, 0) is 25.5 Å². The zero-order valence-electron chi connectivity index (χ0n) is 11.1. The molecule has 8 heteroatoms. The first-order valence-electron chi connectivity index (χ1n) is 5.72. The number of hydrogen-bond donors (Lipinski definition) is 3.